The highest BCUT2D eigenvalue weighted by Gasteiger charge is 2.19. The van der Waals surface area contributed by atoms with Gasteiger partial charge < -0.3 is 0 Å². The topological polar surface area (TPSA) is 40.9 Å². The largest absolute Gasteiger partial charge is 0.292 e. The van der Waals surface area contributed by atoms with Crippen molar-refractivity contribution in [2.24, 2.45) is 5.92 Å². The number of ketones is 1. The molecule has 0 aliphatic heterocycles. The van der Waals surface area contributed by atoms with Crippen LogP contribution in [0.4, 0.5) is 0 Å². The molecule has 0 radical (unpaired) electrons. The number of nitriles is 1. The van der Waals surface area contributed by atoms with Gasteiger partial charge in [-0.15, -0.1) is 11.3 Å². The second-order valence-electron chi connectivity index (χ2n) is 3.60. The number of thiophene rings is 1. The maximum Gasteiger partial charge on any atom is 0.189 e. The highest BCUT2D eigenvalue weighted by atomic mass is 32.1. The van der Waals surface area contributed by atoms with Crippen molar-refractivity contribution >= 4 is 27.2 Å². The van der Waals surface area contributed by atoms with E-state index in [2.05, 4.69) is 6.07 Å². The summed E-state index contributed by atoms with van der Waals surface area (Å²) >= 11 is 1.46. The summed E-state index contributed by atoms with van der Waals surface area (Å²) in [4.78, 5) is 12.7. The first-order chi connectivity index (χ1) is 7.76. The van der Waals surface area contributed by atoms with Crippen LogP contribution in [0.3, 0.4) is 0 Å². The lowest BCUT2D eigenvalue weighted by atomic mass is 10.0. The Kier molecular flexibility index (Phi) is 3.02. The normalized spacial score (nSPS) is 12.2. The lowest BCUT2D eigenvalue weighted by Gasteiger charge is -2.00. The van der Waals surface area contributed by atoms with Crippen molar-refractivity contribution < 1.29 is 4.79 Å². The molecule has 1 heterocycles. The molecule has 1 atom stereocenters. The van der Waals surface area contributed by atoms with Crippen LogP contribution < -0.4 is 0 Å². The number of rotatable bonds is 3. The van der Waals surface area contributed by atoms with Crippen LogP contribution >= 0.6 is 11.3 Å². The van der Waals surface area contributed by atoms with Gasteiger partial charge in [-0.1, -0.05) is 25.1 Å². The van der Waals surface area contributed by atoms with Crippen LogP contribution in [0.1, 0.15) is 23.0 Å². The van der Waals surface area contributed by atoms with Crippen LogP contribution in [0, 0.1) is 17.2 Å². The lowest BCUT2D eigenvalue weighted by Crippen LogP contribution is -2.09. The van der Waals surface area contributed by atoms with E-state index in [4.69, 9.17) is 5.26 Å². The second-order valence-corrected chi connectivity index (χ2v) is 4.69. The van der Waals surface area contributed by atoms with E-state index in [1.807, 2.05) is 37.3 Å². The molecule has 0 aliphatic carbocycles. The molecule has 1 aromatic carbocycles. The highest BCUT2D eigenvalue weighted by Crippen LogP contribution is 2.27. The van der Waals surface area contributed by atoms with Gasteiger partial charge >= 0.3 is 0 Å². The third kappa shape index (κ3) is 1.84. The fourth-order valence-corrected chi connectivity index (χ4v) is 2.67. The maximum absolute atomic E-state index is 12.0. The van der Waals surface area contributed by atoms with Crippen LogP contribution in [-0.4, -0.2) is 5.78 Å². The first-order valence-corrected chi connectivity index (χ1v) is 6.00. The lowest BCUT2D eigenvalue weighted by molar-refractivity contribution is 0.0951. The Morgan fingerprint density at radius 2 is 2.25 bits per heavy atom. The van der Waals surface area contributed by atoms with Gasteiger partial charge in [-0.2, -0.15) is 5.26 Å². The number of carbonyl (C=O) groups excluding carboxylic acids is 1. The first kappa shape index (κ1) is 10.8. The molecule has 3 heteroatoms. The molecule has 0 N–H and O–H groups in total. The monoisotopic (exact) mass is 229 g/mol. The van der Waals surface area contributed by atoms with Crippen molar-refractivity contribution in [2.45, 2.75) is 13.3 Å². The molecule has 16 heavy (non-hydrogen) atoms. The Bertz CT molecular complexity index is 532. The zero-order valence-corrected chi connectivity index (χ0v) is 9.75. The molecule has 0 spiro atoms. The summed E-state index contributed by atoms with van der Waals surface area (Å²) in [5, 5.41) is 9.94. The summed E-state index contributed by atoms with van der Waals surface area (Å²) in [6.07, 6.45) is 0.573. The Morgan fingerprint density at radius 1 is 1.50 bits per heavy atom. The SMILES string of the molecule is CCC(C#N)C(=O)c1cc2ccccc2s1. The molecule has 2 aromatic rings. The Labute approximate surface area is 98.1 Å². The molecule has 80 valence electrons. The van der Waals surface area contributed by atoms with Crippen molar-refractivity contribution in [1.29, 1.82) is 5.26 Å². The van der Waals surface area contributed by atoms with Gasteiger partial charge in [0.25, 0.3) is 0 Å². The number of nitrogens with zero attached hydrogens (tertiary/aromatic N) is 1. The van der Waals surface area contributed by atoms with Crippen LogP contribution in [0.15, 0.2) is 30.3 Å². The van der Waals surface area contributed by atoms with E-state index in [0.717, 1.165) is 10.1 Å². The average Bonchev–Trinajstić information content (AvgIpc) is 2.74. The van der Waals surface area contributed by atoms with Crippen LogP contribution in [-0.2, 0) is 0 Å². The molecule has 1 aromatic heterocycles. The molecular formula is C13H11NOS. The van der Waals surface area contributed by atoms with Gasteiger partial charge in [0.1, 0.15) is 5.92 Å². The summed E-state index contributed by atoms with van der Waals surface area (Å²) in [5.74, 6) is -0.556. The van der Waals surface area contributed by atoms with Crippen LogP contribution in [0.5, 0.6) is 0 Å². The molecular weight excluding hydrogens is 218 g/mol. The van der Waals surface area contributed by atoms with E-state index in [-0.39, 0.29) is 5.78 Å². The molecule has 2 rings (SSSR count). The number of fused-ring (bicyclic) bond motifs is 1. The van der Waals surface area contributed by atoms with E-state index in [0.29, 0.717) is 11.3 Å². The van der Waals surface area contributed by atoms with Gasteiger partial charge in [-0.05, 0) is 23.9 Å². The van der Waals surface area contributed by atoms with Gasteiger partial charge in [-0.25, -0.2) is 0 Å². The van der Waals surface area contributed by atoms with Crippen molar-refractivity contribution in [3.05, 3.63) is 35.2 Å². The predicted octanol–water partition coefficient (Wildman–Crippen LogP) is 3.63. The Hall–Kier alpha value is -1.66. The minimum atomic E-state index is -0.506. The summed E-state index contributed by atoms with van der Waals surface area (Å²) in [5.41, 5.74) is 0. The smallest absolute Gasteiger partial charge is 0.189 e. The molecule has 0 aliphatic rings. The summed E-state index contributed by atoms with van der Waals surface area (Å²) in [6.45, 7) is 1.86. The number of benzene rings is 1. The van der Waals surface area contributed by atoms with Gasteiger partial charge in [-0.3, -0.25) is 4.79 Å². The molecule has 0 fully saturated rings. The van der Waals surface area contributed by atoms with E-state index in [9.17, 15) is 4.79 Å². The molecule has 0 amide bonds. The van der Waals surface area contributed by atoms with Gasteiger partial charge in [0, 0.05) is 4.70 Å². The zero-order chi connectivity index (χ0) is 11.5. The molecule has 1 unspecified atom stereocenters. The molecule has 0 bridgehead atoms. The number of Topliss-reactive ketones (excluding diaryl/α,β-unsaturated/α-hetero) is 1. The zero-order valence-electron chi connectivity index (χ0n) is 8.93. The number of carbonyl (C=O) groups is 1. The summed E-state index contributed by atoms with van der Waals surface area (Å²) in [6, 6.07) is 11.8. The van der Waals surface area contributed by atoms with Crippen LogP contribution in [0.25, 0.3) is 10.1 Å². The second kappa shape index (κ2) is 4.46. The van der Waals surface area contributed by atoms with Crippen LogP contribution in [0.2, 0.25) is 0 Å². The van der Waals surface area contributed by atoms with Crippen molar-refractivity contribution in [3.8, 4) is 6.07 Å². The molecule has 0 saturated heterocycles. The van der Waals surface area contributed by atoms with Gasteiger partial charge in [0.15, 0.2) is 5.78 Å². The fraction of sp³-hybridized carbons (Fsp3) is 0.231. The van der Waals surface area contributed by atoms with E-state index < -0.39 is 5.92 Å². The van der Waals surface area contributed by atoms with E-state index in [1.54, 1.807) is 0 Å². The Balaban J connectivity index is 2.41. The number of hydrogen-bond acceptors (Lipinski definition) is 3. The highest BCUT2D eigenvalue weighted by molar-refractivity contribution is 7.20. The number of hydrogen-bond donors (Lipinski definition) is 0. The fourth-order valence-electron chi connectivity index (χ4n) is 1.61. The predicted molar refractivity (Wildman–Crippen MR) is 65.5 cm³/mol. The third-order valence-corrected chi connectivity index (χ3v) is 3.68. The van der Waals surface area contributed by atoms with Gasteiger partial charge in [0.05, 0.1) is 10.9 Å². The standard InChI is InChI=1S/C13H11NOS/c1-2-9(8-14)13(15)12-7-10-5-3-4-6-11(10)16-12/h3-7,9H,2H2,1H3. The third-order valence-electron chi connectivity index (χ3n) is 2.55. The summed E-state index contributed by atoms with van der Waals surface area (Å²) in [7, 11) is 0. The Morgan fingerprint density at radius 3 is 2.88 bits per heavy atom. The quantitative estimate of drug-likeness (QED) is 0.754. The van der Waals surface area contributed by atoms with Crippen molar-refractivity contribution in [2.75, 3.05) is 0 Å². The molecule has 2 nitrogen and oxygen atoms in total. The minimum absolute atomic E-state index is 0.0498. The minimum Gasteiger partial charge on any atom is -0.292 e. The van der Waals surface area contributed by atoms with E-state index in [1.165, 1.54) is 11.3 Å². The van der Waals surface area contributed by atoms with E-state index >= 15 is 0 Å². The van der Waals surface area contributed by atoms with Crippen molar-refractivity contribution in [1.82, 2.24) is 0 Å². The first-order valence-electron chi connectivity index (χ1n) is 5.18. The maximum atomic E-state index is 12.0. The van der Waals surface area contributed by atoms with Crippen molar-refractivity contribution in [3.63, 3.8) is 0 Å². The van der Waals surface area contributed by atoms with Gasteiger partial charge in [0.2, 0.25) is 0 Å². The molecule has 0 saturated carbocycles. The average molecular weight is 229 g/mol. The summed E-state index contributed by atoms with van der Waals surface area (Å²) < 4.78 is 1.10.